The van der Waals surface area contributed by atoms with Crippen molar-refractivity contribution in [2.45, 2.75) is 6.92 Å². The van der Waals surface area contributed by atoms with Crippen molar-refractivity contribution in [2.24, 2.45) is 0 Å². The molecular weight excluding hydrogens is 328 g/mol. The first-order valence-electron chi connectivity index (χ1n) is 9.04. The van der Waals surface area contributed by atoms with Gasteiger partial charge >= 0.3 is 0 Å². The minimum atomic E-state index is 0.754. The topological polar surface area (TPSA) is 25.8 Å². The van der Waals surface area contributed by atoms with Gasteiger partial charge in [-0.2, -0.15) is 0 Å². The lowest BCUT2D eigenvalue weighted by atomic mass is 10.0. The van der Waals surface area contributed by atoms with Crippen molar-refractivity contribution in [1.82, 2.24) is 9.97 Å². The third-order valence-electron chi connectivity index (χ3n) is 4.46. The van der Waals surface area contributed by atoms with Gasteiger partial charge in [0.05, 0.1) is 5.69 Å². The Labute approximate surface area is 159 Å². The molecule has 0 aliphatic carbocycles. The largest absolute Gasteiger partial charge is 0.233 e. The fourth-order valence-corrected chi connectivity index (χ4v) is 3.06. The summed E-state index contributed by atoms with van der Waals surface area (Å²) < 4.78 is 0. The molecule has 0 N–H and O–H groups in total. The van der Waals surface area contributed by atoms with Crippen LogP contribution in [0, 0.1) is 6.92 Å². The lowest BCUT2D eigenvalue weighted by Crippen LogP contribution is -1.99. The lowest BCUT2D eigenvalue weighted by molar-refractivity contribution is 1.11. The predicted octanol–water partition coefficient (Wildman–Crippen LogP) is 6.29. The maximum atomic E-state index is 4.92. The number of aromatic nitrogens is 2. The molecule has 0 bridgehead atoms. The van der Waals surface area contributed by atoms with Crippen molar-refractivity contribution in [3.05, 3.63) is 108 Å². The first-order chi connectivity index (χ1) is 13.3. The molecule has 3 aromatic carbocycles. The van der Waals surface area contributed by atoms with Crippen LogP contribution < -0.4 is 0 Å². The normalized spacial score (nSPS) is 11.0. The zero-order chi connectivity index (χ0) is 18.5. The molecule has 4 aromatic rings. The molecule has 0 aliphatic heterocycles. The Morgan fingerprint density at radius 1 is 0.593 bits per heavy atom. The smallest absolute Gasteiger partial charge is 0.160 e. The van der Waals surface area contributed by atoms with E-state index in [2.05, 4.69) is 36.4 Å². The van der Waals surface area contributed by atoms with Crippen LogP contribution in [-0.4, -0.2) is 9.97 Å². The van der Waals surface area contributed by atoms with Crippen LogP contribution in [0.25, 0.3) is 34.8 Å². The highest BCUT2D eigenvalue weighted by Crippen LogP contribution is 2.28. The Morgan fingerprint density at radius 2 is 1.15 bits per heavy atom. The van der Waals surface area contributed by atoms with Crippen LogP contribution in [0.1, 0.15) is 16.8 Å². The van der Waals surface area contributed by atoms with Crippen molar-refractivity contribution in [2.75, 3.05) is 0 Å². The molecule has 0 amide bonds. The average Bonchev–Trinajstić information content (AvgIpc) is 2.74. The minimum absolute atomic E-state index is 0.754. The summed E-state index contributed by atoms with van der Waals surface area (Å²) in [6.07, 6.45) is 4.22. The fourth-order valence-electron chi connectivity index (χ4n) is 3.06. The van der Waals surface area contributed by atoms with E-state index in [-0.39, 0.29) is 0 Å². The summed E-state index contributed by atoms with van der Waals surface area (Å²) >= 11 is 0. The molecule has 0 atom stereocenters. The second-order valence-corrected chi connectivity index (χ2v) is 6.37. The molecule has 0 aliphatic rings. The number of hydrogen-bond acceptors (Lipinski definition) is 2. The van der Waals surface area contributed by atoms with Gasteiger partial charge in [-0.05, 0) is 12.5 Å². The van der Waals surface area contributed by atoms with E-state index in [9.17, 15) is 0 Å². The third-order valence-corrected chi connectivity index (χ3v) is 4.46. The number of nitrogens with zero attached hydrogens (tertiary/aromatic N) is 2. The van der Waals surface area contributed by atoms with Gasteiger partial charge in [0.1, 0.15) is 0 Å². The monoisotopic (exact) mass is 348 g/mol. The first-order valence-corrected chi connectivity index (χ1v) is 9.04. The molecule has 4 rings (SSSR count). The highest BCUT2D eigenvalue weighted by molar-refractivity contribution is 5.81. The molecule has 0 saturated heterocycles. The molecule has 2 heteroatoms. The van der Waals surface area contributed by atoms with Crippen LogP contribution in [-0.2, 0) is 0 Å². The second kappa shape index (κ2) is 7.79. The standard InChI is InChI=1S/C25H20N2/c1-19-23(18-17-20-11-5-2-6-12-20)24(21-13-7-3-8-14-21)27-25(26-19)22-15-9-4-10-16-22/h2-18H,1H3/b18-17+. The van der Waals surface area contributed by atoms with Crippen LogP contribution in [0.3, 0.4) is 0 Å². The average molecular weight is 348 g/mol. The van der Waals surface area contributed by atoms with Crippen LogP contribution in [0.2, 0.25) is 0 Å². The Bertz CT molecular complexity index is 1050. The van der Waals surface area contributed by atoms with Crippen molar-refractivity contribution in [1.29, 1.82) is 0 Å². The van der Waals surface area contributed by atoms with E-state index < -0.39 is 0 Å². The molecule has 0 radical (unpaired) electrons. The van der Waals surface area contributed by atoms with E-state index in [4.69, 9.17) is 9.97 Å². The molecule has 27 heavy (non-hydrogen) atoms. The lowest BCUT2D eigenvalue weighted by Gasteiger charge is -2.11. The summed E-state index contributed by atoms with van der Waals surface area (Å²) in [5.74, 6) is 0.754. The van der Waals surface area contributed by atoms with Crippen molar-refractivity contribution >= 4 is 12.2 Å². The van der Waals surface area contributed by atoms with E-state index in [1.165, 1.54) is 0 Å². The van der Waals surface area contributed by atoms with Crippen molar-refractivity contribution < 1.29 is 0 Å². The summed E-state index contributed by atoms with van der Waals surface area (Å²) in [4.78, 5) is 9.70. The predicted molar refractivity (Wildman–Crippen MR) is 113 cm³/mol. The first kappa shape index (κ1) is 16.9. The van der Waals surface area contributed by atoms with Gasteiger partial charge in [0, 0.05) is 22.4 Å². The van der Waals surface area contributed by atoms with E-state index in [0.717, 1.165) is 39.5 Å². The Hall–Kier alpha value is -3.52. The second-order valence-electron chi connectivity index (χ2n) is 6.37. The summed E-state index contributed by atoms with van der Waals surface area (Å²) in [6.45, 7) is 2.05. The molecule has 1 heterocycles. The highest BCUT2D eigenvalue weighted by Gasteiger charge is 2.12. The summed E-state index contributed by atoms with van der Waals surface area (Å²) in [7, 11) is 0. The number of benzene rings is 3. The van der Waals surface area contributed by atoms with Crippen LogP contribution in [0.5, 0.6) is 0 Å². The maximum absolute atomic E-state index is 4.92. The van der Waals surface area contributed by atoms with Gasteiger partial charge in [-0.15, -0.1) is 0 Å². The van der Waals surface area contributed by atoms with Crippen molar-refractivity contribution in [3.63, 3.8) is 0 Å². The summed E-state index contributed by atoms with van der Waals surface area (Å²) in [5, 5.41) is 0. The molecule has 0 fully saturated rings. The molecule has 0 saturated carbocycles. The van der Waals surface area contributed by atoms with E-state index in [1.807, 2.05) is 73.7 Å². The molecule has 2 nitrogen and oxygen atoms in total. The van der Waals surface area contributed by atoms with Gasteiger partial charge in [-0.3, -0.25) is 0 Å². The molecular formula is C25H20N2. The van der Waals surface area contributed by atoms with Gasteiger partial charge < -0.3 is 0 Å². The summed E-state index contributed by atoms with van der Waals surface area (Å²) in [6, 6.07) is 30.7. The quantitative estimate of drug-likeness (QED) is 0.433. The maximum Gasteiger partial charge on any atom is 0.160 e. The molecule has 130 valence electrons. The van der Waals surface area contributed by atoms with Crippen molar-refractivity contribution in [3.8, 4) is 22.6 Å². The van der Waals surface area contributed by atoms with E-state index >= 15 is 0 Å². The van der Waals surface area contributed by atoms with Crippen LogP contribution in [0.4, 0.5) is 0 Å². The molecule has 0 spiro atoms. The SMILES string of the molecule is Cc1nc(-c2ccccc2)nc(-c2ccccc2)c1/C=C/c1ccccc1. The third kappa shape index (κ3) is 3.85. The summed E-state index contributed by atoms with van der Waals surface area (Å²) in [5.41, 5.74) is 6.24. The van der Waals surface area contributed by atoms with Crippen LogP contribution in [0.15, 0.2) is 91.0 Å². The van der Waals surface area contributed by atoms with Gasteiger partial charge in [0.15, 0.2) is 5.82 Å². The fraction of sp³-hybridized carbons (Fsp3) is 0.0400. The van der Waals surface area contributed by atoms with Crippen LogP contribution >= 0.6 is 0 Å². The number of aryl methyl sites for hydroxylation is 1. The van der Waals surface area contributed by atoms with Gasteiger partial charge in [0.25, 0.3) is 0 Å². The Morgan fingerprint density at radius 3 is 1.78 bits per heavy atom. The zero-order valence-corrected chi connectivity index (χ0v) is 15.2. The number of hydrogen-bond donors (Lipinski definition) is 0. The highest BCUT2D eigenvalue weighted by atomic mass is 14.9. The zero-order valence-electron chi connectivity index (χ0n) is 15.2. The van der Waals surface area contributed by atoms with E-state index in [0.29, 0.717) is 0 Å². The van der Waals surface area contributed by atoms with E-state index in [1.54, 1.807) is 0 Å². The number of rotatable bonds is 4. The van der Waals surface area contributed by atoms with Gasteiger partial charge in [-0.25, -0.2) is 9.97 Å². The Kier molecular flexibility index (Phi) is 4.88. The molecule has 0 unspecified atom stereocenters. The molecule has 1 aromatic heterocycles. The Balaban J connectivity index is 1.86. The minimum Gasteiger partial charge on any atom is -0.233 e. The van der Waals surface area contributed by atoms with Gasteiger partial charge in [-0.1, -0.05) is 103 Å². The van der Waals surface area contributed by atoms with Gasteiger partial charge in [0.2, 0.25) is 0 Å².